The first-order chi connectivity index (χ1) is 23.3. The van der Waals surface area contributed by atoms with Crippen molar-refractivity contribution in [2.75, 3.05) is 0 Å². The molecule has 220 valence electrons. The van der Waals surface area contributed by atoms with Crippen LogP contribution in [-0.4, -0.2) is 34.4 Å². The summed E-state index contributed by atoms with van der Waals surface area (Å²) in [4.78, 5) is 19.9. The molecular formula is C42H26N4Se. The minimum Gasteiger partial charge on any atom is -0.0615 e. The van der Waals surface area contributed by atoms with E-state index < -0.39 is 0 Å². The standard InChI is InChI=1S/C42H26N4Se/c1-4-12-27(13-5-1)39-44-40(28-14-6-2-7-15-28)46-41(45-39)36-24-23-32(34-18-10-11-19-35(34)36)30-20-22-33-31(26-30)21-25-37-38(33)47-42(43-37)29-16-8-3-9-17-29/h1-26H. The van der Waals surface area contributed by atoms with Gasteiger partial charge in [-0.3, -0.25) is 0 Å². The predicted octanol–water partition coefficient (Wildman–Crippen LogP) is 10.1. The second kappa shape index (κ2) is 11.6. The molecule has 47 heavy (non-hydrogen) atoms. The van der Waals surface area contributed by atoms with Gasteiger partial charge in [-0.25, -0.2) is 4.98 Å². The van der Waals surface area contributed by atoms with Crippen molar-refractivity contribution >= 4 is 45.8 Å². The van der Waals surface area contributed by atoms with Crippen LogP contribution in [0, 0.1) is 0 Å². The Kier molecular flexibility index (Phi) is 6.78. The summed E-state index contributed by atoms with van der Waals surface area (Å²) in [6.07, 6.45) is 0. The largest absolute Gasteiger partial charge is 0.0615 e. The molecule has 0 saturated carbocycles. The molecule has 7 aromatic carbocycles. The SMILES string of the molecule is c1ccc(-c2nc(-c3ccccc3)nc(-c3ccc(-c4ccc5c(ccc6nc(-c7ccccc7)[se]c65)c4)c4ccccc34)n2)cc1. The first kappa shape index (κ1) is 27.6. The van der Waals surface area contributed by atoms with Crippen molar-refractivity contribution in [2.24, 2.45) is 0 Å². The second-order valence-electron chi connectivity index (χ2n) is 11.5. The van der Waals surface area contributed by atoms with Crippen molar-refractivity contribution in [1.29, 1.82) is 0 Å². The summed E-state index contributed by atoms with van der Waals surface area (Å²) in [6, 6.07) is 54.9. The molecule has 2 aromatic heterocycles. The molecule has 0 fully saturated rings. The van der Waals surface area contributed by atoms with Gasteiger partial charge < -0.3 is 0 Å². The van der Waals surface area contributed by atoms with Crippen LogP contribution in [0.5, 0.6) is 0 Å². The van der Waals surface area contributed by atoms with Gasteiger partial charge in [0.25, 0.3) is 0 Å². The second-order valence-corrected chi connectivity index (χ2v) is 13.6. The monoisotopic (exact) mass is 666 g/mol. The van der Waals surface area contributed by atoms with E-state index in [9.17, 15) is 0 Å². The van der Waals surface area contributed by atoms with Gasteiger partial charge in [-0.05, 0) is 0 Å². The number of rotatable bonds is 5. The van der Waals surface area contributed by atoms with Gasteiger partial charge in [0.05, 0.1) is 0 Å². The number of aromatic nitrogens is 4. The molecule has 4 nitrogen and oxygen atoms in total. The summed E-state index contributed by atoms with van der Waals surface area (Å²) in [5.74, 6) is 1.97. The fourth-order valence-electron chi connectivity index (χ4n) is 6.26. The average Bonchev–Trinajstić information content (AvgIpc) is 3.60. The van der Waals surface area contributed by atoms with E-state index in [1.54, 1.807) is 0 Å². The molecule has 2 heterocycles. The first-order valence-corrected chi connectivity index (χ1v) is 17.3. The maximum Gasteiger partial charge on any atom is -0.0512 e. The summed E-state index contributed by atoms with van der Waals surface area (Å²) in [5, 5.41) is 4.78. The van der Waals surface area contributed by atoms with E-state index in [2.05, 4.69) is 97.1 Å². The van der Waals surface area contributed by atoms with Crippen LogP contribution in [0.3, 0.4) is 0 Å². The molecule has 0 aliphatic rings. The Hall–Kier alpha value is -5.74. The molecule has 5 heteroatoms. The maximum absolute atomic E-state index is 5.02. The number of benzene rings is 7. The van der Waals surface area contributed by atoms with Crippen LogP contribution in [-0.2, 0) is 0 Å². The minimum atomic E-state index is 0.161. The Bertz CT molecular complexity index is 2500. The van der Waals surface area contributed by atoms with Crippen molar-refractivity contribution in [1.82, 2.24) is 19.9 Å². The third kappa shape index (κ3) is 5.03. The Morgan fingerprint density at radius 2 is 0.915 bits per heavy atom. The normalized spacial score (nSPS) is 11.4. The van der Waals surface area contributed by atoms with Gasteiger partial charge in [-0.15, -0.1) is 0 Å². The van der Waals surface area contributed by atoms with Crippen LogP contribution in [0.4, 0.5) is 0 Å². The molecule has 0 bridgehead atoms. The van der Waals surface area contributed by atoms with Gasteiger partial charge in [0.1, 0.15) is 0 Å². The van der Waals surface area contributed by atoms with E-state index in [-0.39, 0.29) is 14.5 Å². The van der Waals surface area contributed by atoms with Crippen LogP contribution in [0.1, 0.15) is 0 Å². The summed E-state index contributed by atoms with van der Waals surface area (Å²) < 4.78 is 2.55. The van der Waals surface area contributed by atoms with Gasteiger partial charge in [0.2, 0.25) is 0 Å². The van der Waals surface area contributed by atoms with E-state index >= 15 is 0 Å². The number of nitrogens with zero attached hydrogens (tertiary/aromatic N) is 4. The Labute approximate surface area is 277 Å². The van der Waals surface area contributed by atoms with Crippen molar-refractivity contribution in [3.63, 3.8) is 0 Å². The van der Waals surface area contributed by atoms with Gasteiger partial charge in [-0.1, -0.05) is 60.7 Å². The van der Waals surface area contributed by atoms with E-state index in [0.717, 1.165) is 33.0 Å². The molecule has 0 unspecified atom stereocenters. The molecule has 0 N–H and O–H groups in total. The van der Waals surface area contributed by atoms with Crippen molar-refractivity contribution < 1.29 is 0 Å². The molecule has 0 spiro atoms. The zero-order valence-electron chi connectivity index (χ0n) is 25.2. The fraction of sp³-hybridized carbons (Fsp3) is 0. The van der Waals surface area contributed by atoms with E-state index in [1.807, 2.05) is 60.7 Å². The molecule has 9 rings (SSSR count). The molecule has 0 amide bonds. The zero-order valence-corrected chi connectivity index (χ0v) is 26.9. The molecule has 0 aliphatic carbocycles. The molecule has 0 radical (unpaired) electrons. The maximum atomic E-state index is 5.02. The predicted molar refractivity (Wildman–Crippen MR) is 194 cm³/mol. The number of hydrogen-bond acceptors (Lipinski definition) is 4. The van der Waals surface area contributed by atoms with E-state index in [4.69, 9.17) is 19.9 Å². The van der Waals surface area contributed by atoms with Crippen LogP contribution in [0.2, 0.25) is 0 Å². The Balaban J connectivity index is 1.18. The van der Waals surface area contributed by atoms with Crippen LogP contribution < -0.4 is 0 Å². The molecule has 0 atom stereocenters. The summed E-state index contributed by atoms with van der Waals surface area (Å²) >= 11 is 0.161. The van der Waals surface area contributed by atoms with Crippen molar-refractivity contribution in [3.05, 3.63) is 158 Å². The third-order valence-corrected chi connectivity index (χ3v) is 11.0. The summed E-state index contributed by atoms with van der Waals surface area (Å²) in [5.41, 5.74) is 7.57. The Morgan fingerprint density at radius 1 is 0.362 bits per heavy atom. The Morgan fingerprint density at radius 3 is 1.57 bits per heavy atom. The van der Waals surface area contributed by atoms with Gasteiger partial charge in [0, 0.05) is 11.1 Å². The minimum absolute atomic E-state index is 0.161. The third-order valence-electron chi connectivity index (χ3n) is 8.57. The fourth-order valence-corrected chi connectivity index (χ4v) is 8.58. The first-order valence-electron chi connectivity index (χ1n) is 15.6. The quantitative estimate of drug-likeness (QED) is 0.172. The summed E-state index contributed by atoms with van der Waals surface area (Å²) in [6.45, 7) is 0. The topological polar surface area (TPSA) is 51.6 Å². The van der Waals surface area contributed by atoms with Crippen LogP contribution >= 0.6 is 0 Å². The molecule has 0 saturated heterocycles. The summed E-state index contributed by atoms with van der Waals surface area (Å²) in [7, 11) is 0. The van der Waals surface area contributed by atoms with Gasteiger partial charge >= 0.3 is 202 Å². The van der Waals surface area contributed by atoms with Crippen molar-refractivity contribution in [2.45, 2.75) is 0 Å². The smallest absolute Gasteiger partial charge is 0.0512 e. The van der Waals surface area contributed by atoms with E-state index in [0.29, 0.717) is 17.5 Å². The molecule has 0 aliphatic heterocycles. The van der Waals surface area contributed by atoms with Crippen LogP contribution in [0.15, 0.2) is 158 Å². The average molecular weight is 666 g/mol. The van der Waals surface area contributed by atoms with Gasteiger partial charge in [0.15, 0.2) is 0 Å². The van der Waals surface area contributed by atoms with Crippen LogP contribution in [0.25, 0.3) is 86.7 Å². The van der Waals surface area contributed by atoms with Gasteiger partial charge in [-0.2, -0.15) is 0 Å². The van der Waals surface area contributed by atoms with Crippen molar-refractivity contribution in [3.8, 4) is 55.4 Å². The molecular weight excluding hydrogens is 639 g/mol. The van der Waals surface area contributed by atoms with E-state index in [1.165, 1.54) is 36.3 Å². The number of hydrogen-bond donors (Lipinski definition) is 0. The molecule has 9 aromatic rings. The number of fused-ring (bicyclic) bond motifs is 4. The zero-order chi connectivity index (χ0) is 31.2.